The number of pyridine rings is 1. The molecule has 6 heteroatoms. The van der Waals surface area contributed by atoms with Gasteiger partial charge in [-0.25, -0.2) is 9.78 Å². The molecule has 0 atom stereocenters. The molecule has 6 nitrogen and oxygen atoms in total. The summed E-state index contributed by atoms with van der Waals surface area (Å²) in [5.41, 5.74) is 2.25. The lowest BCUT2D eigenvalue weighted by atomic mass is 10.1. The van der Waals surface area contributed by atoms with Gasteiger partial charge in [-0.3, -0.25) is 9.88 Å². The average molecular weight is 272 g/mol. The number of amides is 1. The monoisotopic (exact) mass is 272 g/mol. The van der Waals surface area contributed by atoms with Gasteiger partial charge in [0.05, 0.1) is 12.2 Å². The Morgan fingerprint density at radius 1 is 1.25 bits per heavy atom. The summed E-state index contributed by atoms with van der Waals surface area (Å²) in [6, 6.07) is 4.00. The summed E-state index contributed by atoms with van der Waals surface area (Å²) in [5, 5.41) is 9.01. The fraction of sp³-hybridized carbons (Fsp3) is 0.357. The number of carboxylic acid groups (broad SMARTS) is 1. The molecule has 0 unspecified atom stereocenters. The Bertz CT molecular complexity index is 609. The highest BCUT2D eigenvalue weighted by molar-refractivity contribution is 5.65. The number of aryl methyl sites for hydroxylation is 2. The van der Waals surface area contributed by atoms with Crippen LogP contribution in [0.15, 0.2) is 30.7 Å². The van der Waals surface area contributed by atoms with Crippen LogP contribution in [-0.4, -0.2) is 37.2 Å². The van der Waals surface area contributed by atoms with Gasteiger partial charge in [-0.2, -0.15) is 0 Å². The van der Waals surface area contributed by atoms with Gasteiger partial charge in [-0.1, -0.05) is 0 Å². The Morgan fingerprint density at radius 3 is 2.80 bits per heavy atom. The maximum Gasteiger partial charge on any atom is 0.407 e. The van der Waals surface area contributed by atoms with E-state index in [0.29, 0.717) is 19.6 Å². The number of imidazole rings is 1. The van der Waals surface area contributed by atoms with E-state index in [0.717, 1.165) is 24.4 Å². The maximum atomic E-state index is 11.0. The summed E-state index contributed by atoms with van der Waals surface area (Å²) in [6.07, 6.45) is 6.52. The predicted octanol–water partition coefficient (Wildman–Crippen LogP) is 1.56. The van der Waals surface area contributed by atoms with Crippen molar-refractivity contribution in [3.63, 3.8) is 0 Å². The standard InChI is InChI=1S/C14H16N4O2/c19-14(20)18-8-7-17-9-12(16-13(17)10-18)2-1-11-3-5-15-6-4-11/h3-6,9H,1-2,7-8,10H2,(H,19,20). The SMILES string of the molecule is O=C(O)N1CCn2cc(CCc3ccncc3)nc2C1. The highest BCUT2D eigenvalue weighted by atomic mass is 16.4. The van der Waals surface area contributed by atoms with E-state index < -0.39 is 6.09 Å². The van der Waals surface area contributed by atoms with Crippen LogP contribution in [0, 0.1) is 0 Å². The molecule has 0 saturated carbocycles. The van der Waals surface area contributed by atoms with E-state index in [1.54, 1.807) is 12.4 Å². The first kappa shape index (κ1) is 12.7. The van der Waals surface area contributed by atoms with Crippen LogP contribution in [0.2, 0.25) is 0 Å². The van der Waals surface area contributed by atoms with E-state index >= 15 is 0 Å². The summed E-state index contributed by atoms with van der Waals surface area (Å²) in [6.45, 7) is 1.59. The molecule has 1 N–H and O–H groups in total. The van der Waals surface area contributed by atoms with E-state index in [2.05, 4.69) is 14.5 Å². The van der Waals surface area contributed by atoms with Crippen LogP contribution in [0.25, 0.3) is 0 Å². The first-order valence-corrected chi connectivity index (χ1v) is 6.64. The zero-order valence-corrected chi connectivity index (χ0v) is 11.1. The van der Waals surface area contributed by atoms with E-state index in [-0.39, 0.29) is 0 Å². The summed E-state index contributed by atoms with van der Waals surface area (Å²) in [5.74, 6) is 0.836. The van der Waals surface area contributed by atoms with Crippen LogP contribution in [-0.2, 0) is 25.9 Å². The van der Waals surface area contributed by atoms with Gasteiger partial charge in [0, 0.05) is 31.7 Å². The van der Waals surface area contributed by atoms with Gasteiger partial charge in [0.2, 0.25) is 0 Å². The lowest BCUT2D eigenvalue weighted by Crippen LogP contribution is -2.37. The van der Waals surface area contributed by atoms with Crippen molar-refractivity contribution in [2.75, 3.05) is 6.54 Å². The smallest absolute Gasteiger partial charge is 0.407 e. The normalized spacial score (nSPS) is 14.1. The molecule has 0 radical (unpaired) electrons. The second-order valence-electron chi connectivity index (χ2n) is 4.90. The van der Waals surface area contributed by atoms with Gasteiger partial charge >= 0.3 is 6.09 Å². The molecule has 0 aromatic carbocycles. The zero-order valence-electron chi connectivity index (χ0n) is 11.1. The molecular weight excluding hydrogens is 256 g/mol. The Morgan fingerprint density at radius 2 is 2.05 bits per heavy atom. The van der Waals surface area contributed by atoms with E-state index in [1.807, 2.05) is 18.3 Å². The van der Waals surface area contributed by atoms with E-state index in [1.165, 1.54) is 10.5 Å². The zero-order chi connectivity index (χ0) is 13.9. The van der Waals surface area contributed by atoms with Gasteiger partial charge in [0.1, 0.15) is 5.82 Å². The lowest BCUT2D eigenvalue weighted by molar-refractivity contribution is 0.131. The van der Waals surface area contributed by atoms with Crippen LogP contribution < -0.4 is 0 Å². The molecule has 104 valence electrons. The second kappa shape index (κ2) is 5.32. The summed E-state index contributed by atoms with van der Waals surface area (Å²) < 4.78 is 2.06. The second-order valence-corrected chi connectivity index (χ2v) is 4.90. The predicted molar refractivity (Wildman–Crippen MR) is 72.3 cm³/mol. The number of aromatic nitrogens is 3. The van der Waals surface area contributed by atoms with Crippen LogP contribution in [0.1, 0.15) is 17.1 Å². The van der Waals surface area contributed by atoms with Crippen molar-refractivity contribution >= 4 is 6.09 Å². The van der Waals surface area contributed by atoms with Crippen molar-refractivity contribution in [3.8, 4) is 0 Å². The highest BCUT2D eigenvalue weighted by Gasteiger charge is 2.21. The Balaban J connectivity index is 1.67. The minimum absolute atomic E-state index is 0.380. The first-order chi connectivity index (χ1) is 9.72. The number of nitrogens with zero attached hydrogens (tertiary/aromatic N) is 4. The lowest BCUT2D eigenvalue weighted by Gasteiger charge is -2.24. The topological polar surface area (TPSA) is 71.2 Å². The molecule has 0 spiro atoms. The van der Waals surface area contributed by atoms with E-state index in [4.69, 9.17) is 5.11 Å². The Labute approximate surface area is 116 Å². The van der Waals surface area contributed by atoms with Crippen LogP contribution in [0.5, 0.6) is 0 Å². The fourth-order valence-corrected chi connectivity index (χ4v) is 2.42. The Hall–Kier alpha value is -2.37. The average Bonchev–Trinajstić information content (AvgIpc) is 2.88. The van der Waals surface area contributed by atoms with Crippen molar-refractivity contribution in [1.29, 1.82) is 0 Å². The minimum Gasteiger partial charge on any atom is -0.465 e. The molecule has 1 aliphatic rings. The molecule has 2 aromatic heterocycles. The number of fused-ring (bicyclic) bond motifs is 1. The molecular formula is C14H16N4O2. The van der Waals surface area contributed by atoms with Crippen LogP contribution in [0.3, 0.4) is 0 Å². The summed E-state index contributed by atoms with van der Waals surface area (Å²) in [7, 11) is 0. The molecule has 0 fully saturated rings. The quantitative estimate of drug-likeness (QED) is 0.920. The van der Waals surface area contributed by atoms with Crippen molar-refractivity contribution in [2.24, 2.45) is 0 Å². The molecule has 2 aromatic rings. The number of hydrogen-bond acceptors (Lipinski definition) is 3. The minimum atomic E-state index is -0.877. The molecule has 0 bridgehead atoms. The molecule has 20 heavy (non-hydrogen) atoms. The van der Waals surface area contributed by atoms with Gasteiger partial charge in [0.15, 0.2) is 0 Å². The molecule has 1 aliphatic heterocycles. The molecule has 3 heterocycles. The van der Waals surface area contributed by atoms with Crippen LogP contribution >= 0.6 is 0 Å². The van der Waals surface area contributed by atoms with Crippen molar-refractivity contribution in [1.82, 2.24) is 19.4 Å². The number of carbonyl (C=O) groups is 1. The Kier molecular flexibility index (Phi) is 3.37. The fourth-order valence-electron chi connectivity index (χ4n) is 2.42. The highest BCUT2D eigenvalue weighted by Crippen LogP contribution is 2.14. The number of rotatable bonds is 3. The van der Waals surface area contributed by atoms with Gasteiger partial charge in [-0.15, -0.1) is 0 Å². The number of hydrogen-bond donors (Lipinski definition) is 1. The first-order valence-electron chi connectivity index (χ1n) is 6.64. The third-order valence-corrected chi connectivity index (χ3v) is 3.54. The largest absolute Gasteiger partial charge is 0.465 e. The van der Waals surface area contributed by atoms with Crippen LogP contribution in [0.4, 0.5) is 4.79 Å². The van der Waals surface area contributed by atoms with Gasteiger partial charge in [-0.05, 0) is 30.5 Å². The molecule has 0 saturated heterocycles. The van der Waals surface area contributed by atoms with Gasteiger partial charge < -0.3 is 9.67 Å². The van der Waals surface area contributed by atoms with Crippen molar-refractivity contribution in [2.45, 2.75) is 25.9 Å². The van der Waals surface area contributed by atoms with Crippen molar-refractivity contribution in [3.05, 3.63) is 47.8 Å². The summed E-state index contributed by atoms with van der Waals surface area (Å²) in [4.78, 5) is 20.9. The third kappa shape index (κ3) is 2.64. The van der Waals surface area contributed by atoms with Gasteiger partial charge in [0.25, 0.3) is 0 Å². The molecule has 1 amide bonds. The molecule has 3 rings (SSSR count). The van der Waals surface area contributed by atoms with E-state index in [9.17, 15) is 4.79 Å². The maximum absolute atomic E-state index is 11.0. The third-order valence-electron chi connectivity index (χ3n) is 3.54. The molecule has 0 aliphatic carbocycles. The summed E-state index contributed by atoms with van der Waals surface area (Å²) >= 11 is 0. The van der Waals surface area contributed by atoms with Crippen molar-refractivity contribution < 1.29 is 9.90 Å².